The first-order valence-electron chi connectivity index (χ1n) is 5.96. The first kappa shape index (κ1) is 11.1. The molecule has 0 aliphatic heterocycles. The minimum Gasteiger partial charge on any atom is -0.299 e. The molecule has 2 atom stereocenters. The zero-order chi connectivity index (χ0) is 11.5. The highest BCUT2D eigenvalue weighted by Crippen LogP contribution is 2.48. The molecule has 1 fully saturated rings. The maximum absolute atomic E-state index is 11.9. The standard InChI is InChI=1S/C15H18O/c1-3-11(2)9-15(16)14-10-13(14)12-7-5-4-6-8-12/h4-8,13-14H,2-3,9-10H2,1H3. The summed E-state index contributed by atoms with van der Waals surface area (Å²) >= 11 is 0. The average Bonchev–Trinajstić information content (AvgIpc) is 3.10. The van der Waals surface area contributed by atoms with Gasteiger partial charge in [0.1, 0.15) is 5.78 Å². The summed E-state index contributed by atoms with van der Waals surface area (Å²) < 4.78 is 0. The molecule has 0 bridgehead atoms. The molecular formula is C15H18O. The molecule has 1 aromatic carbocycles. The van der Waals surface area contributed by atoms with Crippen molar-refractivity contribution in [2.75, 3.05) is 0 Å². The van der Waals surface area contributed by atoms with Gasteiger partial charge >= 0.3 is 0 Å². The fraction of sp³-hybridized carbons (Fsp3) is 0.400. The summed E-state index contributed by atoms with van der Waals surface area (Å²) in [7, 11) is 0. The Bertz CT molecular complexity index is 391. The lowest BCUT2D eigenvalue weighted by Gasteiger charge is -2.02. The number of benzene rings is 1. The zero-order valence-electron chi connectivity index (χ0n) is 9.78. The number of hydrogen-bond donors (Lipinski definition) is 0. The SMILES string of the molecule is C=C(CC)CC(=O)C1CC1c1ccccc1. The van der Waals surface area contributed by atoms with Gasteiger partial charge in [-0.15, -0.1) is 0 Å². The van der Waals surface area contributed by atoms with E-state index < -0.39 is 0 Å². The molecule has 0 heterocycles. The number of carbonyl (C=O) groups excluding carboxylic acids is 1. The number of carbonyl (C=O) groups is 1. The molecule has 0 N–H and O–H groups in total. The molecule has 1 aliphatic carbocycles. The van der Waals surface area contributed by atoms with Crippen LogP contribution in [0.4, 0.5) is 0 Å². The maximum atomic E-state index is 11.9. The van der Waals surface area contributed by atoms with E-state index in [-0.39, 0.29) is 5.92 Å². The lowest BCUT2D eigenvalue weighted by atomic mass is 10.0. The van der Waals surface area contributed by atoms with Gasteiger partial charge in [0.25, 0.3) is 0 Å². The summed E-state index contributed by atoms with van der Waals surface area (Å²) in [6, 6.07) is 10.3. The fourth-order valence-electron chi connectivity index (χ4n) is 2.12. The van der Waals surface area contributed by atoms with Crippen molar-refractivity contribution in [1.29, 1.82) is 0 Å². The smallest absolute Gasteiger partial charge is 0.140 e. The van der Waals surface area contributed by atoms with Crippen LogP contribution in [0.15, 0.2) is 42.5 Å². The van der Waals surface area contributed by atoms with E-state index in [1.807, 2.05) is 18.2 Å². The molecule has 0 radical (unpaired) electrons. The first-order chi connectivity index (χ1) is 7.72. The lowest BCUT2D eigenvalue weighted by Crippen LogP contribution is -2.03. The molecule has 1 nitrogen and oxygen atoms in total. The van der Waals surface area contributed by atoms with Crippen LogP contribution in [0, 0.1) is 5.92 Å². The Hall–Kier alpha value is -1.37. The van der Waals surface area contributed by atoms with Crippen LogP contribution in [0.1, 0.15) is 37.7 Å². The van der Waals surface area contributed by atoms with Crippen LogP contribution < -0.4 is 0 Å². The van der Waals surface area contributed by atoms with Gasteiger partial charge in [0.2, 0.25) is 0 Å². The zero-order valence-corrected chi connectivity index (χ0v) is 9.78. The number of hydrogen-bond acceptors (Lipinski definition) is 1. The van der Waals surface area contributed by atoms with Crippen molar-refractivity contribution in [3.8, 4) is 0 Å². The number of ketones is 1. The summed E-state index contributed by atoms with van der Waals surface area (Å²) in [4.78, 5) is 11.9. The summed E-state index contributed by atoms with van der Waals surface area (Å²) in [6.07, 6.45) is 2.51. The highest BCUT2D eigenvalue weighted by molar-refractivity contribution is 5.86. The van der Waals surface area contributed by atoms with E-state index in [1.165, 1.54) is 5.56 Å². The molecule has 1 saturated carbocycles. The van der Waals surface area contributed by atoms with Gasteiger partial charge in [-0.25, -0.2) is 0 Å². The number of Topliss-reactive ketones (excluding diaryl/α,β-unsaturated/α-hetero) is 1. The predicted molar refractivity (Wildman–Crippen MR) is 66.3 cm³/mol. The normalized spacial score (nSPS) is 22.8. The largest absolute Gasteiger partial charge is 0.299 e. The molecule has 0 saturated heterocycles. The predicted octanol–water partition coefficient (Wildman–Crippen LogP) is 3.72. The van der Waals surface area contributed by atoms with Crippen LogP contribution >= 0.6 is 0 Å². The summed E-state index contributed by atoms with van der Waals surface area (Å²) in [5, 5.41) is 0. The molecule has 0 spiro atoms. The molecule has 1 heteroatoms. The third-order valence-electron chi connectivity index (χ3n) is 3.36. The van der Waals surface area contributed by atoms with Gasteiger partial charge in [0, 0.05) is 12.3 Å². The molecule has 0 aromatic heterocycles. The van der Waals surface area contributed by atoms with E-state index in [2.05, 4.69) is 25.6 Å². The van der Waals surface area contributed by atoms with Gasteiger partial charge in [-0.1, -0.05) is 49.4 Å². The molecule has 2 rings (SSSR count). The second-order valence-corrected chi connectivity index (χ2v) is 4.61. The third-order valence-corrected chi connectivity index (χ3v) is 3.36. The van der Waals surface area contributed by atoms with Gasteiger partial charge in [-0.3, -0.25) is 4.79 Å². The Morgan fingerprint density at radius 2 is 2.06 bits per heavy atom. The van der Waals surface area contributed by atoms with Crippen LogP contribution in [0.2, 0.25) is 0 Å². The number of rotatable bonds is 5. The molecule has 2 unspecified atom stereocenters. The van der Waals surface area contributed by atoms with Gasteiger partial charge in [0.15, 0.2) is 0 Å². The summed E-state index contributed by atoms with van der Waals surface area (Å²) in [5.74, 6) is 1.10. The molecule has 16 heavy (non-hydrogen) atoms. The second kappa shape index (κ2) is 4.65. The average molecular weight is 214 g/mol. The van der Waals surface area contributed by atoms with Crippen LogP contribution in [0.3, 0.4) is 0 Å². The highest BCUT2D eigenvalue weighted by atomic mass is 16.1. The van der Waals surface area contributed by atoms with E-state index in [1.54, 1.807) is 0 Å². The van der Waals surface area contributed by atoms with Crippen LogP contribution in [-0.2, 0) is 4.79 Å². The maximum Gasteiger partial charge on any atom is 0.140 e. The number of allylic oxidation sites excluding steroid dienone is 1. The Labute approximate surface area is 97.2 Å². The van der Waals surface area contributed by atoms with E-state index in [9.17, 15) is 4.79 Å². The van der Waals surface area contributed by atoms with Crippen LogP contribution in [-0.4, -0.2) is 5.78 Å². The Balaban J connectivity index is 1.92. The molecular weight excluding hydrogens is 196 g/mol. The van der Waals surface area contributed by atoms with Crippen molar-refractivity contribution >= 4 is 5.78 Å². The first-order valence-corrected chi connectivity index (χ1v) is 5.96. The summed E-state index contributed by atoms with van der Waals surface area (Å²) in [6.45, 7) is 5.95. The lowest BCUT2D eigenvalue weighted by molar-refractivity contribution is -0.119. The third kappa shape index (κ3) is 2.41. The van der Waals surface area contributed by atoms with E-state index >= 15 is 0 Å². The molecule has 0 amide bonds. The Morgan fingerprint density at radius 3 is 2.69 bits per heavy atom. The minimum atomic E-state index is 0.255. The molecule has 1 aromatic rings. The minimum absolute atomic E-state index is 0.255. The van der Waals surface area contributed by atoms with Crippen molar-refractivity contribution < 1.29 is 4.79 Å². The van der Waals surface area contributed by atoms with Crippen molar-refractivity contribution in [2.45, 2.75) is 32.1 Å². The van der Waals surface area contributed by atoms with Crippen LogP contribution in [0.5, 0.6) is 0 Å². The van der Waals surface area contributed by atoms with Crippen molar-refractivity contribution in [2.24, 2.45) is 5.92 Å². The second-order valence-electron chi connectivity index (χ2n) is 4.61. The Morgan fingerprint density at radius 1 is 1.38 bits per heavy atom. The quantitative estimate of drug-likeness (QED) is 0.683. The van der Waals surface area contributed by atoms with Gasteiger partial charge < -0.3 is 0 Å². The summed E-state index contributed by atoms with van der Waals surface area (Å²) in [5.41, 5.74) is 2.37. The van der Waals surface area contributed by atoms with Gasteiger partial charge in [0.05, 0.1) is 0 Å². The Kier molecular flexibility index (Phi) is 3.23. The topological polar surface area (TPSA) is 17.1 Å². The van der Waals surface area contributed by atoms with Crippen molar-refractivity contribution in [1.82, 2.24) is 0 Å². The van der Waals surface area contributed by atoms with Gasteiger partial charge in [-0.05, 0) is 24.3 Å². The van der Waals surface area contributed by atoms with Gasteiger partial charge in [-0.2, -0.15) is 0 Å². The van der Waals surface area contributed by atoms with E-state index in [0.29, 0.717) is 18.1 Å². The van der Waals surface area contributed by atoms with E-state index in [0.717, 1.165) is 18.4 Å². The van der Waals surface area contributed by atoms with E-state index in [4.69, 9.17) is 0 Å². The molecule has 84 valence electrons. The van der Waals surface area contributed by atoms with Crippen molar-refractivity contribution in [3.63, 3.8) is 0 Å². The van der Waals surface area contributed by atoms with Crippen molar-refractivity contribution in [3.05, 3.63) is 48.0 Å². The molecule has 1 aliphatic rings. The fourth-order valence-corrected chi connectivity index (χ4v) is 2.12. The highest BCUT2D eigenvalue weighted by Gasteiger charge is 2.42. The van der Waals surface area contributed by atoms with Crippen LogP contribution in [0.25, 0.3) is 0 Å². The monoisotopic (exact) mass is 214 g/mol.